The Bertz CT molecular complexity index is 297. The Morgan fingerprint density at radius 3 is 2.00 bits per heavy atom. The number of carbonyl (C=O) groups is 1. The molecule has 0 bridgehead atoms. The first-order valence-corrected chi connectivity index (χ1v) is 5.61. The lowest BCUT2D eigenvalue weighted by molar-refractivity contribution is -0.120. The van der Waals surface area contributed by atoms with Crippen molar-refractivity contribution in [2.24, 2.45) is 11.7 Å². The van der Waals surface area contributed by atoms with Crippen molar-refractivity contribution in [1.29, 1.82) is 0 Å². The molecule has 0 aromatic rings. The third kappa shape index (κ3) is 3.60. The van der Waals surface area contributed by atoms with Crippen molar-refractivity contribution in [3.63, 3.8) is 0 Å². The fourth-order valence-corrected chi connectivity index (χ4v) is 1.71. The number of hydrogen-bond acceptors (Lipinski definition) is 3. The Morgan fingerprint density at radius 1 is 1.36 bits per heavy atom. The second-order valence-corrected chi connectivity index (χ2v) is 5.45. The maximum Gasteiger partial charge on any atom is 0.279 e. The molecule has 0 aliphatic carbocycles. The second-order valence-electron chi connectivity index (χ2n) is 3.53. The lowest BCUT2D eigenvalue weighted by Gasteiger charge is -2.21. The van der Waals surface area contributed by atoms with Crippen LogP contribution in [-0.4, -0.2) is 38.8 Å². The van der Waals surface area contributed by atoms with Crippen molar-refractivity contribution in [2.75, 3.05) is 14.1 Å². The van der Waals surface area contributed by atoms with Gasteiger partial charge in [-0.2, -0.15) is 17.4 Å². The van der Waals surface area contributed by atoms with Crippen LogP contribution in [-0.2, 0) is 15.0 Å². The van der Waals surface area contributed by atoms with E-state index in [1.54, 1.807) is 13.8 Å². The lowest BCUT2D eigenvalue weighted by Crippen LogP contribution is -2.50. The van der Waals surface area contributed by atoms with Crippen molar-refractivity contribution in [1.82, 2.24) is 9.03 Å². The SMILES string of the molecule is CC(C)C(NS(=O)(=O)N(C)C)C(N)=O. The molecule has 0 spiro atoms. The second kappa shape index (κ2) is 4.72. The number of primary amides is 1. The van der Waals surface area contributed by atoms with Crippen molar-refractivity contribution in [2.45, 2.75) is 19.9 Å². The number of carbonyl (C=O) groups excluding carboxylic acids is 1. The van der Waals surface area contributed by atoms with Gasteiger partial charge in [-0.25, -0.2) is 0 Å². The van der Waals surface area contributed by atoms with Crippen LogP contribution in [0, 0.1) is 5.92 Å². The summed E-state index contributed by atoms with van der Waals surface area (Å²) in [5.74, 6) is -0.854. The first-order chi connectivity index (χ1) is 6.18. The Hall–Kier alpha value is -0.660. The molecule has 1 amide bonds. The highest BCUT2D eigenvalue weighted by atomic mass is 32.2. The predicted octanol–water partition coefficient (Wildman–Crippen LogP) is -1.11. The van der Waals surface area contributed by atoms with Gasteiger partial charge in [0.25, 0.3) is 10.2 Å². The predicted molar refractivity (Wildman–Crippen MR) is 53.6 cm³/mol. The van der Waals surface area contributed by atoms with Crippen LogP contribution < -0.4 is 10.5 Å². The molecule has 0 heterocycles. The van der Waals surface area contributed by atoms with Gasteiger partial charge in [0.15, 0.2) is 0 Å². The van der Waals surface area contributed by atoms with E-state index in [4.69, 9.17) is 5.73 Å². The summed E-state index contributed by atoms with van der Waals surface area (Å²) in [5.41, 5.74) is 5.06. The fraction of sp³-hybridized carbons (Fsp3) is 0.857. The molecule has 0 saturated heterocycles. The molecule has 7 heteroatoms. The summed E-state index contributed by atoms with van der Waals surface area (Å²) in [4.78, 5) is 10.9. The molecule has 0 rings (SSSR count). The average molecular weight is 223 g/mol. The minimum absolute atomic E-state index is 0.178. The molecule has 0 aliphatic heterocycles. The number of nitrogens with zero attached hydrogens (tertiary/aromatic N) is 1. The third-order valence-corrected chi connectivity index (χ3v) is 3.24. The van der Waals surface area contributed by atoms with Gasteiger partial charge in [-0.05, 0) is 5.92 Å². The molecule has 0 aromatic heterocycles. The van der Waals surface area contributed by atoms with Crippen LogP contribution in [0.15, 0.2) is 0 Å². The summed E-state index contributed by atoms with van der Waals surface area (Å²) in [6.45, 7) is 3.43. The van der Waals surface area contributed by atoms with E-state index in [0.717, 1.165) is 4.31 Å². The first-order valence-electron chi connectivity index (χ1n) is 4.17. The van der Waals surface area contributed by atoms with Gasteiger partial charge < -0.3 is 5.73 Å². The highest BCUT2D eigenvalue weighted by Gasteiger charge is 2.26. The van der Waals surface area contributed by atoms with E-state index in [-0.39, 0.29) is 5.92 Å². The zero-order valence-electron chi connectivity index (χ0n) is 8.81. The third-order valence-electron chi connectivity index (χ3n) is 1.73. The topological polar surface area (TPSA) is 92.5 Å². The minimum atomic E-state index is -3.60. The Balaban J connectivity index is 4.71. The van der Waals surface area contributed by atoms with Crippen LogP contribution in [0.1, 0.15) is 13.8 Å². The number of nitrogens with one attached hydrogen (secondary N) is 1. The van der Waals surface area contributed by atoms with Gasteiger partial charge in [0, 0.05) is 14.1 Å². The Labute approximate surface area is 84.6 Å². The van der Waals surface area contributed by atoms with Crippen LogP contribution in [0.5, 0.6) is 0 Å². The lowest BCUT2D eigenvalue weighted by atomic mass is 10.1. The van der Waals surface area contributed by atoms with E-state index in [1.807, 2.05) is 0 Å². The first kappa shape index (κ1) is 13.3. The molecular formula is C7H17N3O3S. The fourth-order valence-electron chi connectivity index (χ4n) is 0.789. The highest BCUT2D eigenvalue weighted by molar-refractivity contribution is 7.87. The summed E-state index contributed by atoms with van der Waals surface area (Å²) < 4.78 is 25.9. The number of rotatable bonds is 5. The van der Waals surface area contributed by atoms with Crippen LogP contribution in [0.25, 0.3) is 0 Å². The molecule has 14 heavy (non-hydrogen) atoms. The molecule has 0 fully saturated rings. The molecule has 1 unspecified atom stereocenters. The minimum Gasteiger partial charge on any atom is -0.368 e. The van der Waals surface area contributed by atoms with Gasteiger partial charge >= 0.3 is 0 Å². The molecular weight excluding hydrogens is 206 g/mol. The van der Waals surface area contributed by atoms with Gasteiger partial charge in [-0.1, -0.05) is 13.8 Å². The molecule has 84 valence electrons. The Morgan fingerprint density at radius 2 is 1.79 bits per heavy atom. The highest BCUT2D eigenvalue weighted by Crippen LogP contribution is 2.03. The summed E-state index contributed by atoms with van der Waals surface area (Å²) in [6, 6.07) is -0.873. The summed E-state index contributed by atoms with van der Waals surface area (Å²) in [7, 11) is -0.854. The van der Waals surface area contributed by atoms with Gasteiger partial charge in [0.2, 0.25) is 5.91 Å². The van der Waals surface area contributed by atoms with E-state index in [1.165, 1.54) is 14.1 Å². The standard InChI is InChI=1S/C7H17N3O3S/c1-5(2)6(7(8)11)9-14(12,13)10(3)4/h5-6,9H,1-4H3,(H2,8,11). The number of nitrogens with two attached hydrogens (primary N) is 1. The molecule has 0 radical (unpaired) electrons. The smallest absolute Gasteiger partial charge is 0.279 e. The monoisotopic (exact) mass is 223 g/mol. The summed E-state index contributed by atoms with van der Waals surface area (Å²) >= 11 is 0. The quantitative estimate of drug-likeness (QED) is 0.619. The van der Waals surface area contributed by atoms with Crippen LogP contribution in [0.4, 0.5) is 0 Å². The van der Waals surface area contributed by atoms with Crippen molar-refractivity contribution < 1.29 is 13.2 Å². The van der Waals surface area contributed by atoms with E-state index >= 15 is 0 Å². The maximum absolute atomic E-state index is 11.4. The van der Waals surface area contributed by atoms with E-state index < -0.39 is 22.2 Å². The van der Waals surface area contributed by atoms with Gasteiger partial charge in [-0.15, -0.1) is 0 Å². The normalized spacial score (nSPS) is 14.7. The maximum atomic E-state index is 11.4. The van der Waals surface area contributed by atoms with Crippen molar-refractivity contribution >= 4 is 16.1 Å². The van der Waals surface area contributed by atoms with Crippen LogP contribution in [0.3, 0.4) is 0 Å². The average Bonchev–Trinajstić information content (AvgIpc) is 1.98. The molecule has 1 atom stereocenters. The molecule has 6 nitrogen and oxygen atoms in total. The van der Waals surface area contributed by atoms with E-state index in [9.17, 15) is 13.2 Å². The number of amides is 1. The van der Waals surface area contributed by atoms with E-state index in [2.05, 4.69) is 4.72 Å². The Kier molecular flexibility index (Phi) is 4.50. The molecule has 0 aromatic carbocycles. The van der Waals surface area contributed by atoms with E-state index in [0.29, 0.717) is 0 Å². The van der Waals surface area contributed by atoms with Gasteiger partial charge in [0.1, 0.15) is 6.04 Å². The molecule has 0 aliphatic rings. The zero-order valence-corrected chi connectivity index (χ0v) is 9.63. The summed E-state index contributed by atoms with van der Waals surface area (Å²) in [6.07, 6.45) is 0. The van der Waals surface area contributed by atoms with Crippen molar-refractivity contribution in [3.05, 3.63) is 0 Å². The van der Waals surface area contributed by atoms with Crippen LogP contribution in [0.2, 0.25) is 0 Å². The zero-order chi connectivity index (χ0) is 11.5. The van der Waals surface area contributed by atoms with Gasteiger partial charge in [0.05, 0.1) is 0 Å². The number of hydrogen-bond donors (Lipinski definition) is 2. The largest absolute Gasteiger partial charge is 0.368 e. The van der Waals surface area contributed by atoms with Gasteiger partial charge in [-0.3, -0.25) is 4.79 Å². The van der Waals surface area contributed by atoms with Crippen molar-refractivity contribution in [3.8, 4) is 0 Å². The van der Waals surface area contributed by atoms with Crippen LogP contribution >= 0.6 is 0 Å². The molecule has 3 N–H and O–H groups in total. The summed E-state index contributed by atoms with van der Waals surface area (Å²) in [5, 5.41) is 0. The molecule has 0 saturated carbocycles.